The van der Waals surface area contributed by atoms with Crippen molar-refractivity contribution in [3.8, 4) is 0 Å². The number of rotatable bonds is 1. The van der Waals surface area contributed by atoms with Gasteiger partial charge < -0.3 is 10.6 Å². The topological polar surface area (TPSA) is 41.1 Å². The third kappa shape index (κ3) is 2.21. The SMILES string of the molecule is CC.CC(=O)NC1CC2(CNC2)C1. The van der Waals surface area contributed by atoms with E-state index in [0.29, 0.717) is 11.5 Å². The van der Waals surface area contributed by atoms with Crippen LogP contribution in [0, 0.1) is 5.41 Å². The fourth-order valence-corrected chi connectivity index (χ4v) is 2.14. The van der Waals surface area contributed by atoms with E-state index >= 15 is 0 Å². The summed E-state index contributed by atoms with van der Waals surface area (Å²) >= 11 is 0. The molecule has 1 aliphatic carbocycles. The maximum atomic E-state index is 10.6. The van der Waals surface area contributed by atoms with Crippen LogP contribution in [0.3, 0.4) is 0 Å². The van der Waals surface area contributed by atoms with Crippen molar-refractivity contribution in [1.82, 2.24) is 10.6 Å². The summed E-state index contributed by atoms with van der Waals surface area (Å²) < 4.78 is 0. The van der Waals surface area contributed by atoms with E-state index in [1.807, 2.05) is 13.8 Å². The summed E-state index contributed by atoms with van der Waals surface area (Å²) in [5.74, 6) is 0.108. The highest BCUT2D eigenvalue weighted by molar-refractivity contribution is 5.73. The van der Waals surface area contributed by atoms with Gasteiger partial charge in [-0.3, -0.25) is 4.79 Å². The number of nitrogens with one attached hydrogen (secondary N) is 2. The van der Waals surface area contributed by atoms with Crippen molar-refractivity contribution in [3.63, 3.8) is 0 Å². The Labute approximate surface area is 80.3 Å². The van der Waals surface area contributed by atoms with Gasteiger partial charge in [0, 0.05) is 26.1 Å². The Morgan fingerprint density at radius 1 is 1.38 bits per heavy atom. The fraction of sp³-hybridized carbons (Fsp3) is 0.900. The first-order chi connectivity index (χ1) is 6.20. The summed E-state index contributed by atoms with van der Waals surface area (Å²) in [6.45, 7) is 7.90. The summed E-state index contributed by atoms with van der Waals surface area (Å²) in [7, 11) is 0. The van der Waals surface area contributed by atoms with Crippen LogP contribution in [0.1, 0.15) is 33.6 Å². The Balaban J connectivity index is 0.000000396. The van der Waals surface area contributed by atoms with Crippen LogP contribution in [-0.2, 0) is 4.79 Å². The summed E-state index contributed by atoms with van der Waals surface area (Å²) in [6.07, 6.45) is 2.36. The zero-order valence-corrected chi connectivity index (χ0v) is 8.81. The van der Waals surface area contributed by atoms with Gasteiger partial charge in [-0.1, -0.05) is 13.8 Å². The van der Waals surface area contributed by atoms with Crippen LogP contribution < -0.4 is 10.6 Å². The molecule has 2 rings (SSSR count). The molecule has 3 heteroatoms. The minimum Gasteiger partial charge on any atom is -0.354 e. The van der Waals surface area contributed by atoms with Crippen molar-refractivity contribution in [2.45, 2.75) is 39.7 Å². The molecular formula is C10H20N2O. The molecule has 0 aromatic carbocycles. The first-order valence-electron chi connectivity index (χ1n) is 5.18. The molecule has 1 aliphatic heterocycles. The lowest BCUT2D eigenvalue weighted by molar-refractivity contribution is -0.121. The van der Waals surface area contributed by atoms with Crippen molar-refractivity contribution in [3.05, 3.63) is 0 Å². The van der Waals surface area contributed by atoms with E-state index in [4.69, 9.17) is 0 Å². The van der Waals surface area contributed by atoms with Gasteiger partial charge in [-0.25, -0.2) is 0 Å². The lowest BCUT2D eigenvalue weighted by atomic mass is 9.62. The molecule has 0 aromatic heterocycles. The minimum absolute atomic E-state index is 0.108. The first-order valence-corrected chi connectivity index (χ1v) is 5.18. The van der Waals surface area contributed by atoms with Crippen molar-refractivity contribution >= 4 is 5.91 Å². The average Bonchev–Trinajstić information content (AvgIpc) is 1.96. The molecule has 2 fully saturated rings. The second-order valence-corrected chi connectivity index (χ2v) is 3.91. The number of hydrogen-bond acceptors (Lipinski definition) is 2. The van der Waals surface area contributed by atoms with Crippen molar-refractivity contribution in [2.75, 3.05) is 13.1 Å². The summed E-state index contributed by atoms with van der Waals surface area (Å²) in [4.78, 5) is 10.6. The standard InChI is InChI=1S/C8H14N2O.C2H6/c1-6(11)10-7-2-8(3-7)4-9-5-8;1-2/h7,9H,2-5H2,1H3,(H,10,11);1-2H3. The highest BCUT2D eigenvalue weighted by atomic mass is 16.1. The predicted molar refractivity (Wildman–Crippen MR) is 53.5 cm³/mol. The van der Waals surface area contributed by atoms with Crippen LogP contribution in [0.2, 0.25) is 0 Å². The molecule has 1 saturated carbocycles. The Bertz CT molecular complexity index is 179. The second-order valence-electron chi connectivity index (χ2n) is 3.91. The zero-order chi connectivity index (χ0) is 9.90. The van der Waals surface area contributed by atoms with E-state index in [9.17, 15) is 4.79 Å². The smallest absolute Gasteiger partial charge is 0.217 e. The molecule has 1 amide bonds. The van der Waals surface area contributed by atoms with Gasteiger partial charge in [0.15, 0.2) is 0 Å². The Kier molecular flexibility index (Phi) is 3.31. The molecule has 0 aromatic rings. The van der Waals surface area contributed by atoms with Gasteiger partial charge in [0.1, 0.15) is 0 Å². The molecule has 0 bridgehead atoms. The van der Waals surface area contributed by atoms with E-state index in [-0.39, 0.29) is 5.91 Å². The first kappa shape index (κ1) is 10.5. The zero-order valence-electron chi connectivity index (χ0n) is 8.81. The van der Waals surface area contributed by atoms with Crippen molar-refractivity contribution in [1.29, 1.82) is 0 Å². The highest BCUT2D eigenvalue weighted by Gasteiger charge is 2.48. The lowest BCUT2D eigenvalue weighted by Gasteiger charge is -2.54. The van der Waals surface area contributed by atoms with Crippen LogP contribution in [0.15, 0.2) is 0 Å². The van der Waals surface area contributed by atoms with Gasteiger partial charge in [-0.2, -0.15) is 0 Å². The second kappa shape index (κ2) is 4.09. The van der Waals surface area contributed by atoms with Gasteiger partial charge in [0.25, 0.3) is 0 Å². The maximum Gasteiger partial charge on any atom is 0.217 e. The highest BCUT2D eigenvalue weighted by Crippen LogP contribution is 2.43. The number of amides is 1. The Morgan fingerprint density at radius 3 is 2.23 bits per heavy atom. The van der Waals surface area contributed by atoms with Crippen LogP contribution >= 0.6 is 0 Å². The van der Waals surface area contributed by atoms with Crippen LogP contribution in [0.25, 0.3) is 0 Å². The van der Waals surface area contributed by atoms with Crippen molar-refractivity contribution in [2.24, 2.45) is 5.41 Å². The van der Waals surface area contributed by atoms with Crippen molar-refractivity contribution < 1.29 is 4.79 Å². The van der Waals surface area contributed by atoms with Gasteiger partial charge in [-0.15, -0.1) is 0 Å². The molecule has 1 saturated heterocycles. The Hall–Kier alpha value is -0.570. The van der Waals surface area contributed by atoms with Gasteiger partial charge in [-0.05, 0) is 18.3 Å². The molecule has 2 N–H and O–H groups in total. The van der Waals surface area contributed by atoms with Crippen LogP contribution in [0.4, 0.5) is 0 Å². The molecule has 2 aliphatic rings. The number of carbonyl (C=O) groups is 1. The third-order valence-corrected chi connectivity index (χ3v) is 2.77. The van der Waals surface area contributed by atoms with E-state index in [2.05, 4.69) is 10.6 Å². The maximum absolute atomic E-state index is 10.6. The van der Waals surface area contributed by atoms with Gasteiger partial charge in [0.05, 0.1) is 0 Å². The average molecular weight is 184 g/mol. The number of hydrogen-bond donors (Lipinski definition) is 2. The summed E-state index contributed by atoms with van der Waals surface area (Å²) in [6, 6.07) is 0.467. The molecule has 76 valence electrons. The minimum atomic E-state index is 0.108. The normalized spacial score (nSPS) is 23.6. The van der Waals surface area contributed by atoms with Crippen LogP contribution in [-0.4, -0.2) is 25.0 Å². The van der Waals surface area contributed by atoms with E-state index < -0.39 is 0 Å². The van der Waals surface area contributed by atoms with E-state index in [0.717, 1.165) is 13.1 Å². The molecule has 0 unspecified atom stereocenters. The summed E-state index contributed by atoms with van der Waals surface area (Å²) in [5, 5.41) is 6.20. The number of carbonyl (C=O) groups excluding carboxylic acids is 1. The van der Waals surface area contributed by atoms with Crippen LogP contribution in [0.5, 0.6) is 0 Å². The third-order valence-electron chi connectivity index (χ3n) is 2.77. The molecule has 13 heavy (non-hydrogen) atoms. The van der Waals surface area contributed by atoms with Gasteiger partial charge in [0.2, 0.25) is 5.91 Å². The molecular weight excluding hydrogens is 164 g/mol. The fourth-order valence-electron chi connectivity index (χ4n) is 2.14. The predicted octanol–water partition coefficient (Wildman–Crippen LogP) is 0.901. The molecule has 1 spiro atoms. The van der Waals surface area contributed by atoms with E-state index in [1.165, 1.54) is 12.8 Å². The monoisotopic (exact) mass is 184 g/mol. The Morgan fingerprint density at radius 2 is 1.92 bits per heavy atom. The lowest BCUT2D eigenvalue weighted by Crippen LogP contribution is -2.65. The largest absolute Gasteiger partial charge is 0.354 e. The summed E-state index contributed by atoms with van der Waals surface area (Å²) in [5.41, 5.74) is 0.577. The molecule has 1 heterocycles. The quantitative estimate of drug-likeness (QED) is 0.635. The molecule has 0 atom stereocenters. The van der Waals surface area contributed by atoms with Gasteiger partial charge >= 0.3 is 0 Å². The molecule has 3 nitrogen and oxygen atoms in total. The van der Waals surface area contributed by atoms with E-state index in [1.54, 1.807) is 6.92 Å². The molecule has 0 radical (unpaired) electrons.